The van der Waals surface area contributed by atoms with Crippen LogP contribution in [0.25, 0.3) is 6.08 Å². The number of nitrogens with zero attached hydrogens (tertiary/aromatic N) is 3. The molecule has 6 nitrogen and oxygen atoms in total. The van der Waals surface area contributed by atoms with E-state index in [4.69, 9.17) is 4.74 Å². The van der Waals surface area contributed by atoms with E-state index in [9.17, 15) is 14.0 Å². The van der Waals surface area contributed by atoms with Gasteiger partial charge in [0.05, 0.1) is 5.69 Å². The van der Waals surface area contributed by atoms with E-state index in [1.54, 1.807) is 29.2 Å². The Morgan fingerprint density at radius 3 is 2.52 bits per heavy atom. The monoisotopic (exact) mass is 425 g/mol. The second-order valence-electron chi connectivity index (χ2n) is 8.19. The molecule has 7 heteroatoms. The summed E-state index contributed by atoms with van der Waals surface area (Å²) < 4.78 is 21.4. The number of benzene rings is 1. The second kappa shape index (κ2) is 8.96. The number of piperazine rings is 1. The molecule has 31 heavy (non-hydrogen) atoms. The van der Waals surface area contributed by atoms with Crippen LogP contribution in [0.3, 0.4) is 0 Å². The summed E-state index contributed by atoms with van der Waals surface area (Å²) in [6.07, 6.45) is 5.54. The van der Waals surface area contributed by atoms with Crippen LogP contribution in [-0.4, -0.2) is 54.1 Å². The SMILES string of the molecule is Cc1cc(/C=C/C(=O)OCC(=O)N2CCN(c3ccccc3F)CC2)c(C)n1C1CC1. The molecule has 0 radical (unpaired) electrons. The number of para-hydroxylation sites is 1. The number of hydrogen-bond acceptors (Lipinski definition) is 4. The maximum absolute atomic E-state index is 13.9. The van der Waals surface area contributed by atoms with E-state index in [2.05, 4.69) is 24.5 Å². The highest BCUT2D eigenvalue weighted by atomic mass is 19.1. The number of aryl methyl sites for hydroxylation is 1. The van der Waals surface area contributed by atoms with Gasteiger partial charge < -0.3 is 19.1 Å². The molecular weight excluding hydrogens is 397 g/mol. The highest BCUT2D eigenvalue weighted by Gasteiger charge is 2.26. The van der Waals surface area contributed by atoms with E-state index in [1.807, 2.05) is 4.90 Å². The molecule has 0 spiro atoms. The fourth-order valence-corrected chi connectivity index (χ4v) is 4.20. The van der Waals surface area contributed by atoms with Gasteiger partial charge in [0.15, 0.2) is 6.61 Å². The first-order valence-corrected chi connectivity index (χ1v) is 10.7. The summed E-state index contributed by atoms with van der Waals surface area (Å²) in [6.45, 7) is 5.85. The Morgan fingerprint density at radius 1 is 1.13 bits per heavy atom. The topological polar surface area (TPSA) is 54.8 Å². The number of anilines is 1. The summed E-state index contributed by atoms with van der Waals surface area (Å²) in [6, 6.07) is 9.29. The zero-order valence-corrected chi connectivity index (χ0v) is 18.0. The summed E-state index contributed by atoms with van der Waals surface area (Å²) in [5.41, 5.74) is 3.88. The van der Waals surface area contributed by atoms with Gasteiger partial charge in [-0.25, -0.2) is 9.18 Å². The number of esters is 1. The Morgan fingerprint density at radius 2 is 1.84 bits per heavy atom. The van der Waals surface area contributed by atoms with Gasteiger partial charge in [-0.15, -0.1) is 0 Å². The van der Waals surface area contributed by atoms with E-state index in [1.165, 1.54) is 30.7 Å². The molecule has 0 bridgehead atoms. The number of halogens is 1. The zero-order chi connectivity index (χ0) is 22.0. The fraction of sp³-hybridized carbons (Fsp3) is 0.417. The van der Waals surface area contributed by atoms with E-state index in [-0.39, 0.29) is 18.3 Å². The van der Waals surface area contributed by atoms with Crippen molar-refractivity contribution in [1.82, 2.24) is 9.47 Å². The molecule has 2 aliphatic rings. The van der Waals surface area contributed by atoms with Crippen molar-refractivity contribution in [1.29, 1.82) is 0 Å². The van der Waals surface area contributed by atoms with Crippen LogP contribution in [0.5, 0.6) is 0 Å². The maximum Gasteiger partial charge on any atom is 0.331 e. The zero-order valence-electron chi connectivity index (χ0n) is 18.0. The van der Waals surface area contributed by atoms with Gasteiger partial charge in [0.2, 0.25) is 0 Å². The molecule has 1 saturated heterocycles. The van der Waals surface area contributed by atoms with Crippen molar-refractivity contribution in [3.63, 3.8) is 0 Å². The molecule has 1 amide bonds. The maximum atomic E-state index is 13.9. The number of amides is 1. The molecule has 4 rings (SSSR count). The van der Waals surface area contributed by atoms with Crippen LogP contribution in [0, 0.1) is 19.7 Å². The summed E-state index contributed by atoms with van der Waals surface area (Å²) in [5, 5.41) is 0. The Bertz CT molecular complexity index is 1000. The van der Waals surface area contributed by atoms with Crippen molar-refractivity contribution >= 4 is 23.6 Å². The lowest BCUT2D eigenvalue weighted by Crippen LogP contribution is -2.50. The Balaban J connectivity index is 1.25. The van der Waals surface area contributed by atoms with Crippen LogP contribution in [0.1, 0.15) is 35.8 Å². The van der Waals surface area contributed by atoms with E-state index in [0.717, 1.165) is 11.3 Å². The van der Waals surface area contributed by atoms with E-state index in [0.29, 0.717) is 37.9 Å². The molecule has 1 saturated carbocycles. The number of carbonyl (C=O) groups is 2. The average molecular weight is 426 g/mol. The first-order chi connectivity index (χ1) is 14.9. The third kappa shape index (κ3) is 4.81. The van der Waals surface area contributed by atoms with Crippen molar-refractivity contribution in [2.24, 2.45) is 0 Å². The molecule has 1 aromatic carbocycles. The van der Waals surface area contributed by atoms with Crippen LogP contribution in [0.4, 0.5) is 10.1 Å². The number of aromatic nitrogens is 1. The van der Waals surface area contributed by atoms with Crippen LogP contribution in [-0.2, 0) is 14.3 Å². The summed E-state index contributed by atoms with van der Waals surface area (Å²) in [4.78, 5) is 28.1. The first kappa shape index (κ1) is 21.2. The molecule has 0 atom stereocenters. The van der Waals surface area contributed by atoms with Crippen LogP contribution < -0.4 is 4.90 Å². The van der Waals surface area contributed by atoms with Crippen molar-refractivity contribution in [3.8, 4) is 0 Å². The molecule has 1 aliphatic heterocycles. The quantitative estimate of drug-likeness (QED) is 0.525. The number of carbonyl (C=O) groups excluding carboxylic acids is 2. The molecular formula is C24H28FN3O3. The summed E-state index contributed by atoms with van der Waals surface area (Å²) in [5.74, 6) is -1.03. The van der Waals surface area contributed by atoms with Crippen LogP contribution in [0.15, 0.2) is 36.4 Å². The van der Waals surface area contributed by atoms with Crippen molar-refractivity contribution < 1.29 is 18.7 Å². The lowest BCUT2D eigenvalue weighted by Gasteiger charge is -2.36. The Hall–Kier alpha value is -3.09. The molecule has 2 fully saturated rings. The van der Waals surface area contributed by atoms with Gasteiger partial charge in [0.1, 0.15) is 5.82 Å². The highest BCUT2D eigenvalue weighted by molar-refractivity contribution is 5.89. The van der Waals surface area contributed by atoms with Crippen LogP contribution in [0.2, 0.25) is 0 Å². The lowest BCUT2D eigenvalue weighted by atomic mass is 10.2. The molecule has 1 aliphatic carbocycles. The van der Waals surface area contributed by atoms with Gasteiger partial charge in [0.25, 0.3) is 5.91 Å². The molecule has 0 unspecified atom stereocenters. The lowest BCUT2D eigenvalue weighted by molar-refractivity contribution is -0.148. The average Bonchev–Trinajstić information content (AvgIpc) is 3.56. The van der Waals surface area contributed by atoms with Gasteiger partial charge in [0, 0.05) is 49.7 Å². The summed E-state index contributed by atoms with van der Waals surface area (Å²) >= 11 is 0. The van der Waals surface area contributed by atoms with Crippen molar-refractivity contribution in [3.05, 3.63) is 59.2 Å². The van der Waals surface area contributed by atoms with E-state index >= 15 is 0 Å². The van der Waals surface area contributed by atoms with Gasteiger partial charge in [-0.1, -0.05) is 12.1 Å². The molecule has 2 heterocycles. The standard InChI is InChI=1S/C24H28FN3O3/c1-17-15-19(18(2)28(17)20-8-9-20)7-10-24(30)31-16-23(29)27-13-11-26(12-14-27)22-6-4-3-5-21(22)25/h3-7,10,15,20H,8-9,11-14,16H2,1-2H3/b10-7+. The molecule has 1 aromatic heterocycles. The van der Waals surface area contributed by atoms with Crippen molar-refractivity contribution in [2.75, 3.05) is 37.7 Å². The Labute approximate surface area is 181 Å². The van der Waals surface area contributed by atoms with Crippen molar-refractivity contribution in [2.45, 2.75) is 32.7 Å². The van der Waals surface area contributed by atoms with Crippen LogP contribution >= 0.6 is 0 Å². The Kier molecular flexibility index (Phi) is 6.11. The molecule has 2 aromatic rings. The predicted octanol–water partition coefficient (Wildman–Crippen LogP) is 3.48. The number of ether oxygens (including phenoxy) is 1. The first-order valence-electron chi connectivity index (χ1n) is 10.7. The largest absolute Gasteiger partial charge is 0.452 e. The molecule has 0 N–H and O–H groups in total. The minimum absolute atomic E-state index is 0.234. The van der Waals surface area contributed by atoms with E-state index < -0.39 is 5.97 Å². The van der Waals surface area contributed by atoms with Gasteiger partial charge in [-0.2, -0.15) is 0 Å². The highest BCUT2D eigenvalue weighted by Crippen LogP contribution is 2.38. The van der Waals surface area contributed by atoms with Gasteiger partial charge in [-0.05, 0) is 56.5 Å². The van der Waals surface area contributed by atoms with Gasteiger partial charge >= 0.3 is 5.97 Å². The normalized spacial score (nSPS) is 16.7. The summed E-state index contributed by atoms with van der Waals surface area (Å²) in [7, 11) is 0. The smallest absolute Gasteiger partial charge is 0.331 e. The predicted molar refractivity (Wildman–Crippen MR) is 117 cm³/mol. The fourth-order valence-electron chi connectivity index (χ4n) is 4.20. The third-order valence-electron chi connectivity index (χ3n) is 6.00. The third-order valence-corrected chi connectivity index (χ3v) is 6.00. The number of rotatable bonds is 6. The number of hydrogen-bond donors (Lipinski definition) is 0. The minimum Gasteiger partial charge on any atom is -0.452 e. The second-order valence-corrected chi connectivity index (χ2v) is 8.19. The molecule has 164 valence electrons. The van der Waals surface area contributed by atoms with Gasteiger partial charge in [-0.3, -0.25) is 4.79 Å². The minimum atomic E-state index is -0.533.